The number of halogens is 6. The first-order chi connectivity index (χ1) is 14.8. The number of ether oxygens (including phenoxy) is 3. The number of hydrogen-bond donors (Lipinski definition) is 2. The second-order valence-electron chi connectivity index (χ2n) is 8.28. The lowest BCUT2D eigenvalue weighted by Crippen LogP contribution is -2.64. The first-order valence-electron chi connectivity index (χ1n) is 9.32. The van der Waals surface area contributed by atoms with Crippen molar-refractivity contribution in [2.24, 2.45) is 23.7 Å². The second-order valence-corrected chi connectivity index (χ2v) is 9.73. The Morgan fingerprint density at radius 3 is 2.12 bits per heavy atom. The molecule has 188 valence electrons. The molecule has 1 saturated heterocycles. The second kappa shape index (κ2) is 7.81. The van der Waals surface area contributed by atoms with E-state index < -0.39 is 87.9 Å². The fraction of sp³-hybridized carbons (Fsp3) is 0.765. The van der Waals surface area contributed by atoms with E-state index in [4.69, 9.17) is 14.0 Å². The molecule has 2 N–H and O–H groups in total. The molecule has 7 atom stereocenters. The van der Waals surface area contributed by atoms with Gasteiger partial charge in [0.2, 0.25) is 0 Å². The molecule has 16 heteroatoms. The van der Waals surface area contributed by atoms with Gasteiger partial charge in [-0.3, -0.25) is 9.35 Å². The minimum absolute atomic E-state index is 0.0520. The number of rotatable bonds is 6. The average molecular weight is 512 g/mol. The minimum Gasteiger partial charge on any atom is -0.456 e. The van der Waals surface area contributed by atoms with Crippen LogP contribution in [0.5, 0.6) is 0 Å². The highest BCUT2D eigenvalue weighted by molar-refractivity contribution is 7.85. The Kier molecular flexibility index (Phi) is 6.09. The Labute approximate surface area is 182 Å². The number of aliphatic hydroxyl groups is 1. The molecule has 3 rings (SSSR count). The lowest BCUT2D eigenvalue weighted by molar-refractivity contribution is -0.362. The summed E-state index contributed by atoms with van der Waals surface area (Å²) in [6.07, 6.45) is -17.1. The Bertz CT molecular complexity index is 945. The molecule has 0 aromatic heterocycles. The normalized spacial score (nSPS) is 33.8. The van der Waals surface area contributed by atoms with Gasteiger partial charge in [0, 0.05) is 17.4 Å². The highest BCUT2D eigenvalue weighted by Gasteiger charge is 2.77. The third kappa shape index (κ3) is 4.21. The molecule has 0 radical (unpaired) electrons. The summed E-state index contributed by atoms with van der Waals surface area (Å²) >= 11 is 0. The zero-order valence-corrected chi connectivity index (χ0v) is 17.4. The maximum absolute atomic E-state index is 13.5. The van der Waals surface area contributed by atoms with E-state index in [1.807, 2.05) is 0 Å². The number of carbonyl (C=O) groups is 2. The number of alkyl halides is 6. The van der Waals surface area contributed by atoms with Crippen LogP contribution in [0.25, 0.3) is 0 Å². The van der Waals surface area contributed by atoms with Gasteiger partial charge in [0.15, 0.2) is 6.29 Å². The predicted molar refractivity (Wildman–Crippen MR) is 91.5 cm³/mol. The summed E-state index contributed by atoms with van der Waals surface area (Å²) in [6, 6.07) is 0. The topological polar surface area (TPSA) is 136 Å². The molecule has 0 aromatic carbocycles. The van der Waals surface area contributed by atoms with Crippen molar-refractivity contribution in [3.63, 3.8) is 0 Å². The molecule has 7 unspecified atom stereocenters. The van der Waals surface area contributed by atoms with Crippen molar-refractivity contribution >= 4 is 22.1 Å². The largest absolute Gasteiger partial charge is 0.456 e. The monoisotopic (exact) mass is 512 g/mol. The third-order valence-corrected chi connectivity index (χ3v) is 6.92. The van der Waals surface area contributed by atoms with Gasteiger partial charge in [0.05, 0.1) is 5.92 Å². The van der Waals surface area contributed by atoms with E-state index >= 15 is 0 Å². The van der Waals surface area contributed by atoms with Gasteiger partial charge in [-0.15, -0.1) is 0 Å². The van der Waals surface area contributed by atoms with Crippen molar-refractivity contribution in [3.05, 3.63) is 12.2 Å². The molecule has 2 bridgehead atoms. The Hall–Kier alpha value is -1.91. The summed E-state index contributed by atoms with van der Waals surface area (Å²) in [5.74, 6) is -11.2. The average Bonchev–Trinajstić information content (AvgIpc) is 3.21. The molecule has 9 nitrogen and oxygen atoms in total. The summed E-state index contributed by atoms with van der Waals surface area (Å²) < 4.78 is 126. The van der Waals surface area contributed by atoms with Gasteiger partial charge in [0.25, 0.3) is 10.1 Å². The standard InChI is InChI=1S/C17H18F6O9S/c1-5(2)12(24)30-10-7-3-6-8(13(25)31-11(6)10)9(7)14(26)32-15(16(18,19)20,17(21,22)23)4-33(27,28)29/h6-11,13,25H,1,3-4H2,2H3,(H,27,28,29). The smallest absolute Gasteiger partial charge is 0.438 e. The summed E-state index contributed by atoms with van der Waals surface area (Å²) in [4.78, 5) is 24.6. The van der Waals surface area contributed by atoms with Gasteiger partial charge < -0.3 is 19.3 Å². The Balaban J connectivity index is 1.99. The molecular weight excluding hydrogens is 494 g/mol. The Morgan fingerprint density at radius 2 is 1.67 bits per heavy atom. The minimum atomic E-state index is -6.49. The first kappa shape index (κ1) is 25.7. The lowest BCUT2D eigenvalue weighted by Gasteiger charge is -2.38. The summed E-state index contributed by atoms with van der Waals surface area (Å²) in [5.41, 5.74) is -5.67. The zero-order valence-electron chi connectivity index (χ0n) is 16.6. The van der Waals surface area contributed by atoms with E-state index in [2.05, 4.69) is 11.3 Å². The summed E-state index contributed by atoms with van der Waals surface area (Å²) in [6.45, 7) is 4.61. The van der Waals surface area contributed by atoms with E-state index in [9.17, 15) is 49.5 Å². The lowest BCUT2D eigenvalue weighted by atomic mass is 9.78. The quantitative estimate of drug-likeness (QED) is 0.234. The molecule has 0 amide bonds. The van der Waals surface area contributed by atoms with Crippen LogP contribution in [0.15, 0.2) is 12.2 Å². The molecule has 3 aliphatic rings. The van der Waals surface area contributed by atoms with Crippen LogP contribution in [0.1, 0.15) is 13.3 Å². The van der Waals surface area contributed by atoms with Crippen LogP contribution >= 0.6 is 0 Å². The fourth-order valence-corrected chi connectivity index (χ4v) is 5.74. The Morgan fingerprint density at radius 1 is 1.12 bits per heavy atom. The van der Waals surface area contributed by atoms with E-state index in [1.54, 1.807) is 0 Å². The van der Waals surface area contributed by atoms with Crippen molar-refractivity contribution in [3.8, 4) is 0 Å². The summed E-state index contributed by atoms with van der Waals surface area (Å²) in [7, 11) is -5.96. The van der Waals surface area contributed by atoms with Gasteiger partial charge >= 0.3 is 29.9 Å². The molecule has 1 heterocycles. The van der Waals surface area contributed by atoms with Crippen molar-refractivity contribution in [1.82, 2.24) is 0 Å². The molecule has 2 saturated carbocycles. The van der Waals surface area contributed by atoms with Crippen LogP contribution in [0.3, 0.4) is 0 Å². The fourth-order valence-electron chi connectivity index (χ4n) is 4.84. The van der Waals surface area contributed by atoms with Crippen molar-refractivity contribution in [2.45, 2.75) is 49.8 Å². The highest BCUT2D eigenvalue weighted by Crippen LogP contribution is 2.61. The van der Waals surface area contributed by atoms with E-state index in [-0.39, 0.29) is 12.0 Å². The van der Waals surface area contributed by atoms with E-state index in [0.717, 1.165) is 0 Å². The molecule has 2 aliphatic carbocycles. The van der Waals surface area contributed by atoms with E-state index in [1.165, 1.54) is 6.92 Å². The van der Waals surface area contributed by atoms with Gasteiger partial charge in [-0.05, 0) is 19.3 Å². The van der Waals surface area contributed by atoms with Crippen molar-refractivity contribution in [1.29, 1.82) is 0 Å². The maximum atomic E-state index is 13.5. The van der Waals surface area contributed by atoms with E-state index in [0.29, 0.717) is 0 Å². The first-order valence-corrected chi connectivity index (χ1v) is 10.9. The number of hydrogen-bond acceptors (Lipinski definition) is 8. The number of esters is 2. The van der Waals surface area contributed by atoms with Crippen molar-refractivity contribution < 1.29 is 68.2 Å². The van der Waals surface area contributed by atoms with Crippen molar-refractivity contribution in [2.75, 3.05) is 5.75 Å². The van der Waals surface area contributed by atoms with Crippen LogP contribution in [-0.2, 0) is 33.9 Å². The number of fused-ring (bicyclic) bond motifs is 1. The molecule has 33 heavy (non-hydrogen) atoms. The molecule has 0 aromatic rings. The van der Waals surface area contributed by atoms with Gasteiger partial charge in [-0.25, -0.2) is 4.79 Å². The molecular formula is C17H18F6O9S. The van der Waals surface area contributed by atoms with Crippen LogP contribution in [0, 0.1) is 23.7 Å². The van der Waals surface area contributed by atoms with Gasteiger partial charge in [-0.2, -0.15) is 34.8 Å². The number of aliphatic hydroxyl groups excluding tert-OH is 1. The predicted octanol–water partition coefficient (Wildman–Crippen LogP) is 1.37. The maximum Gasteiger partial charge on any atom is 0.438 e. The highest BCUT2D eigenvalue weighted by atomic mass is 32.2. The molecule has 0 spiro atoms. The summed E-state index contributed by atoms with van der Waals surface area (Å²) in [5, 5.41) is 10.1. The molecule has 1 aliphatic heterocycles. The van der Waals surface area contributed by atoms with Gasteiger partial charge in [-0.1, -0.05) is 6.58 Å². The number of carbonyl (C=O) groups excluding carboxylic acids is 2. The molecule has 3 fully saturated rings. The third-order valence-electron chi connectivity index (χ3n) is 6.15. The van der Waals surface area contributed by atoms with Crippen LogP contribution in [-0.4, -0.2) is 72.2 Å². The van der Waals surface area contributed by atoms with Crippen LogP contribution in [0.4, 0.5) is 26.3 Å². The van der Waals surface area contributed by atoms with Gasteiger partial charge in [0.1, 0.15) is 18.0 Å². The zero-order chi connectivity index (χ0) is 25.3. The van der Waals surface area contributed by atoms with Crippen LogP contribution < -0.4 is 0 Å². The van der Waals surface area contributed by atoms with Crippen LogP contribution in [0.2, 0.25) is 0 Å². The SMILES string of the molecule is C=C(C)C(=O)OC1C2CC3C1OC(O)C3C2C(=O)OC(CS(=O)(=O)O)(C(F)(F)F)C(F)(F)F.